The third kappa shape index (κ3) is 1.53. The zero-order valence-corrected chi connectivity index (χ0v) is 10.4. The Bertz CT molecular complexity index is 571. The average Bonchev–Trinajstić information content (AvgIpc) is 2.42. The standard InChI is InChI=1S/C18H16/c1-2-6-14-10-18-12-16-8-4-3-7-15(16)11-17(18)9-13(14)5-1/h1-4,9-12H,5-8H2. The van der Waals surface area contributed by atoms with E-state index in [0.717, 1.165) is 25.7 Å². The molecule has 0 aliphatic heterocycles. The number of hydrogen-bond donors (Lipinski definition) is 0. The minimum atomic E-state index is 1.10. The highest BCUT2D eigenvalue weighted by Crippen LogP contribution is 2.28. The fourth-order valence-corrected chi connectivity index (χ4v) is 3.14. The largest absolute Gasteiger partial charge is 0.0838 e. The third-order valence-corrected chi connectivity index (χ3v) is 4.16. The molecule has 0 unspecified atom stereocenters. The van der Waals surface area contributed by atoms with Crippen LogP contribution in [0.25, 0.3) is 10.8 Å². The Labute approximate surface area is 108 Å². The molecule has 4 rings (SSSR count). The van der Waals surface area contributed by atoms with Crippen molar-refractivity contribution in [3.63, 3.8) is 0 Å². The van der Waals surface area contributed by atoms with Crippen molar-refractivity contribution in [1.29, 1.82) is 0 Å². The third-order valence-electron chi connectivity index (χ3n) is 4.16. The van der Waals surface area contributed by atoms with Crippen molar-refractivity contribution in [3.05, 3.63) is 70.8 Å². The van der Waals surface area contributed by atoms with Crippen molar-refractivity contribution in [2.45, 2.75) is 25.7 Å². The molecule has 0 spiro atoms. The van der Waals surface area contributed by atoms with Gasteiger partial charge in [0.15, 0.2) is 0 Å². The predicted molar refractivity (Wildman–Crippen MR) is 77.0 cm³/mol. The second kappa shape index (κ2) is 3.84. The highest BCUT2D eigenvalue weighted by Gasteiger charge is 2.10. The van der Waals surface area contributed by atoms with Crippen molar-refractivity contribution >= 4 is 10.8 Å². The van der Waals surface area contributed by atoms with Crippen LogP contribution >= 0.6 is 0 Å². The summed E-state index contributed by atoms with van der Waals surface area (Å²) < 4.78 is 0. The minimum Gasteiger partial charge on any atom is -0.0838 e. The van der Waals surface area contributed by atoms with E-state index in [1.54, 1.807) is 0 Å². The van der Waals surface area contributed by atoms with Gasteiger partial charge in [0.1, 0.15) is 0 Å². The first-order chi connectivity index (χ1) is 8.90. The van der Waals surface area contributed by atoms with Crippen molar-refractivity contribution in [3.8, 4) is 0 Å². The lowest BCUT2D eigenvalue weighted by atomic mass is 9.89. The Morgan fingerprint density at radius 1 is 0.444 bits per heavy atom. The number of rotatable bonds is 0. The molecule has 0 saturated heterocycles. The van der Waals surface area contributed by atoms with Gasteiger partial charge in [0.25, 0.3) is 0 Å². The Balaban J connectivity index is 1.95. The molecule has 0 fully saturated rings. The number of benzene rings is 2. The first-order valence-electron chi connectivity index (χ1n) is 6.77. The molecule has 0 nitrogen and oxygen atoms in total. The molecule has 0 heteroatoms. The van der Waals surface area contributed by atoms with Crippen LogP contribution in [0.3, 0.4) is 0 Å². The molecule has 2 aliphatic carbocycles. The predicted octanol–water partition coefficient (Wildman–Crippen LogP) is 4.15. The molecule has 0 radical (unpaired) electrons. The molecule has 18 heavy (non-hydrogen) atoms. The molecule has 0 amide bonds. The van der Waals surface area contributed by atoms with Gasteiger partial charge in [-0.15, -0.1) is 0 Å². The lowest BCUT2D eigenvalue weighted by Crippen LogP contribution is -2.00. The van der Waals surface area contributed by atoms with Crippen LogP contribution in [-0.4, -0.2) is 0 Å². The average molecular weight is 232 g/mol. The fourth-order valence-electron chi connectivity index (χ4n) is 3.14. The second-order valence-corrected chi connectivity index (χ2v) is 5.35. The van der Waals surface area contributed by atoms with Crippen LogP contribution in [0, 0.1) is 0 Å². The van der Waals surface area contributed by atoms with Gasteiger partial charge in [-0.05, 0) is 58.7 Å². The molecule has 0 N–H and O–H groups in total. The molecule has 0 heterocycles. The number of fused-ring (bicyclic) bond motifs is 3. The lowest BCUT2D eigenvalue weighted by Gasteiger charge is -2.16. The van der Waals surface area contributed by atoms with E-state index < -0.39 is 0 Å². The molecule has 0 aromatic heterocycles. The van der Waals surface area contributed by atoms with Gasteiger partial charge in [-0.3, -0.25) is 0 Å². The van der Waals surface area contributed by atoms with Crippen molar-refractivity contribution in [2.24, 2.45) is 0 Å². The van der Waals surface area contributed by atoms with Gasteiger partial charge in [-0.25, -0.2) is 0 Å². The van der Waals surface area contributed by atoms with Gasteiger partial charge in [0, 0.05) is 0 Å². The van der Waals surface area contributed by atoms with E-state index >= 15 is 0 Å². The topological polar surface area (TPSA) is 0 Å². The maximum Gasteiger partial charge on any atom is -0.00943 e. The van der Waals surface area contributed by atoms with Gasteiger partial charge in [0.2, 0.25) is 0 Å². The van der Waals surface area contributed by atoms with Gasteiger partial charge in [0.05, 0.1) is 0 Å². The quantitative estimate of drug-likeness (QED) is 0.599. The van der Waals surface area contributed by atoms with Crippen LogP contribution in [0.1, 0.15) is 22.3 Å². The summed E-state index contributed by atoms with van der Waals surface area (Å²) in [7, 11) is 0. The normalized spacial score (nSPS) is 16.7. The fraction of sp³-hybridized carbons (Fsp3) is 0.222. The Morgan fingerprint density at radius 3 is 1.00 bits per heavy atom. The molecular weight excluding hydrogens is 216 g/mol. The summed E-state index contributed by atoms with van der Waals surface area (Å²) in [6, 6.07) is 9.58. The molecule has 0 atom stereocenters. The molecule has 88 valence electrons. The SMILES string of the molecule is C1=CCc2cc3cc4c(cc3cc2C1)CC=CC4. The number of allylic oxidation sites excluding steroid dienone is 4. The van der Waals surface area contributed by atoms with Gasteiger partial charge < -0.3 is 0 Å². The van der Waals surface area contributed by atoms with Crippen LogP contribution in [0.5, 0.6) is 0 Å². The zero-order valence-electron chi connectivity index (χ0n) is 10.4. The van der Waals surface area contributed by atoms with Crippen LogP contribution in [-0.2, 0) is 25.7 Å². The van der Waals surface area contributed by atoms with E-state index in [-0.39, 0.29) is 0 Å². The van der Waals surface area contributed by atoms with E-state index in [4.69, 9.17) is 0 Å². The zero-order chi connectivity index (χ0) is 11.9. The van der Waals surface area contributed by atoms with E-state index in [1.807, 2.05) is 0 Å². The molecule has 2 aliphatic rings. The molecule has 2 aromatic carbocycles. The van der Waals surface area contributed by atoms with E-state index in [2.05, 4.69) is 48.6 Å². The summed E-state index contributed by atoms with van der Waals surface area (Å²) in [6.45, 7) is 0. The lowest BCUT2D eigenvalue weighted by molar-refractivity contribution is 1.09. The van der Waals surface area contributed by atoms with Gasteiger partial charge in [-0.2, -0.15) is 0 Å². The summed E-state index contributed by atoms with van der Waals surface area (Å²) in [6.07, 6.45) is 13.5. The molecule has 0 saturated carbocycles. The summed E-state index contributed by atoms with van der Waals surface area (Å²) in [5, 5.41) is 2.83. The highest BCUT2D eigenvalue weighted by atomic mass is 14.1. The van der Waals surface area contributed by atoms with Gasteiger partial charge in [-0.1, -0.05) is 48.6 Å². The van der Waals surface area contributed by atoms with Crippen LogP contribution in [0.4, 0.5) is 0 Å². The Morgan fingerprint density at radius 2 is 0.722 bits per heavy atom. The first kappa shape index (κ1) is 10.1. The van der Waals surface area contributed by atoms with Crippen LogP contribution in [0.15, 0.2) is 48.6 Å². The number of hydrogen-bond acceptors (Lipinski definition) is 0. The van der Waals surface area contributed by atoms with E-state index in [0.29, 0.717) is 0 Å². The van der Waals surface area contributed by atoms with Crippen molar-refractivity contribution in [2.75, 3.05) is 0 Å². The van der Waals surface area contributed by atoms with E-state index in [9.17, 15) is 0 Å². The molecular formula is C18H16. The summed E-state index contributed by atoms with van der Waals surface area (Å²) in [5.41, 5.74) is 6.04. The smallest absolute Gasteiger partial charge is 0.00943 e. The summed E-state index contributed by atoms with van der Waals surface area (Å²) in [5.74, 6) is 0. The van der Waals surface area contributed by atoms with E-state index in [1.165, 1.54) is 33.0 Å². The Hall–Kier alpha value is -1.82. The van der Waals surface area contributed by atoms with Gasteiger partial charge >= 0.3 is 0 Å². The Kier molecular flexibility index (Phi) is 2.16. The maximum atomic E-state index is 2.40. The monoisotopic (exact) mass is 232 g/mol. The van der Waals surface area contributed by atoms with Crippen LogP contribution in [0.2, 0.25) is 0 Å². The highest BCUT2D eigenvalue weighted by molar-refractivity contribution is 5.86. The second-order valence-electron chi connectivity index (χ2n) is 5.35. The maximum absolute atomic E-state index is 2.40. The van der Waals surface area contributed by atoms with Crippen molar-refractivity contribution in [1.82, 2.24) is 0 Å². The van der Waals surface area contributed by atoms with Crippen molar-refractivity contribution < 1.29 is 0 Å². The molecule has 2 aromatic rings. The summed E-state index contributed by atoms with van der Waals surface area (Å²) in [4.78, 5) is 0. The molecule has 0 bridgehead atoms. The first-order valence-corrected chi connectivity index (χ1v) is 6.77. The summed E-state index contributed by atoms with van der Waals surface area (Å²) >= 11 is 0. The van der Waals surface area contributed by atoms with Crippen LogP contribution < -0.4 is 0 Å². The minimum absolute atomic E-state index is 1.10.